The Labute approximate surface area is 209 Å². The summed E-state index contributed by atoms with van der Waals surface area (Å²) in [7, 11) is 5.90. The molecule has 0 aliphatic rings. The number of hydrogen-bond donors (Lipinski definition) is 1. The first-order valence-electron chi connectivity index (χ1n) is 13.4. The third kappa shape index (κ3) is 24.8. The minimum Gasteiger partial charge on any atom is -0.481 e. The predicted molar refractivity (Wildman–Crippen MR) is 143 cm³/mol. The molecule has 0 bridgehead atoms. The zero-order valence-electron chi connectivity index (χ0n) is 22.5. The summed E-state index contributed by atoms with van der Waals surface area (Å²) in [5.41, 5.74) is 0. The molecule has 196 valence electrons. The third-order valence-corrected chi connectivity index (χ3v) is 5.48. The van der Waals surface area contributed by atoms with Crippen molar-refractivity contribution >= 4 is 11.9 Å². The Morgan fingerprint density at radius 2 is 1.26 bits per heavy atom. The standard InChI is InChI=1S/C29H51NO4/c1-5-6-7-8-9-10-11-12-13-14-15-16-17-18-19-20-21-22-23-24-29(33)34-27(25-28(31)32)26-30(2,3)4/h6-7,9-10,12-13,27H,5,8,11,14-26H2,1-4H3/p+1/b7-6-,10-9-,13-12-. The summed E-state index contributed by atoms with van der Waals surface area (Å²) in [6.45, 7) is 2.66. The SMILES string of the molecule is CC/C=C\C/C=C\C/C=C\CCCCCCCCCCCC(=O)OC(CC(=O)O)C[N+](C)(C)C. The minimum atomic E-state index is -0.929. The number of carboxylic acid groups (broad SMARTS) is 1. The van der Waals surface area contributed by atoms with E-state index >= 15 is 0 Å². The summed E-state index contributed by atoms with van der Waals surface area (Å²) in [6, 6.07) is 0. The van der Waals surface area contributed by atoms with E-state index in [1.165, 1.54) is 44.9 Å². The Kier molecular flexibility index (Phi) is 20.4. The van der Waals surface area contributed by atoms with Gasteiger partial charge in [0, 0.05) is 6.42 Å². The molecule has 0 aliphatic heterocycles. The van der Waals surface area contributed by atoms with Crippen LogP contribution < -0.4 is 0 Å². The number of aliphatic carboxylic acids is 1. The van der Waals surface area contributed by atoms with Crippen molar-refractivity contribution in [3.8, 4) is 0 Å². The first-order valence-corrected chi connectivity index (χ1v) is 13.4. The maximum atomic E-state index is 12.1. The van der Waals surface area contributed by atoms with E-state index in [0.717, 1.165) is 38.5 Å². The van der Waals surface area contributed by atoms with E-state index in [-0.39, 0.29) is 12.4 Å². The number of carbonyl (C=O) groups is 2. The van der Waals surface area contributed by atoms with Crippen molar-refractivity contribution in [2.75, 3.05) is 27.7 Å². The summed E-state index contributed by atoms with van der Waals surface area (Å²) in [6.07, 6.45) is 28.2. The van der Waals surface area contributed by atoms with Gasteiger partial charge in [0.05, 0.1) is 27.6 Å². The molecule has 0 aromatic heterocycles. The fourth-order valence-corrected chi connectivity index (χ4v) is 3.79. The lowest BCUT2D eigenvalue weighted by molar-refractivity contribution is -0.873. The Bertz CT molecular complexity index is 602. The number of unbranched alkanes of at least 4 members (excludes halogenated alkanes) is 9. The van der Waals surface area contributed by atoms with Crippen molar-refractivity contribution in [2.24, 2.45) is 0 Å². The van der Waals surface area contributed by atoms with Crippen LogP contribution in [0.4, 0.5) is 0 Å². The number of ether oxygens (including phenoxy) is 1. The highest BCUT2D eigenvalue weighted by Gasteiger charge is 2.24. The van der Waals surface area contributed by atoms with E-state index < -0.39 is 12.1 Å². The second-order valence-corrected chi connectivity index (χ2v) is 10.2. The number of likely N-dealkylation sites (N-methyl/N-ethyl adjacent to an activating group) is 1. The Morgan fingerprint density at radius 1 is 0.765 bits per heavy atom. The molecule has 1 unspecified atom stereocenters. The average molecular weight is 479 g/mol. The number of allylic oxidation sites excluding steroid dienone is 6. The van der Waals surface area contributed by atoms with Gasteiger partial charge in [-0.15, -0.1) is 0 Å². The van der Waals surface area contributed by atoms with Crippen LogP contribution in [0.15, 0.2) is 36.5 Å². The van der Waals surface area contributed by atoms with Crippen LogP contribution in [0.3, 0.4) is 0 Å². The number of hydrogen-bond acceptors (Lipinski definition) is 3. The van der Waals surface area contributed by atoms with E-state index in [2.05, 4.69) is 43.4 Å². The lowest BCUT2D eigenvalue weighted by Gasteiger charge is -2.28. The van der Waals surface area contributed by atoms with Crippen LogP contribution in [0.2, 0.25) is 0 Å². The van der Waals surface area contributed by atoms with E-state index in [1.807, 2.05) is 21.1 Å². The Balaban J connectivity index is 3.59. The monoisotopic (exact) mass is 478 g/mol. The van der Waals surface area contributed by atoms with Gasteiger partial charge in [-0.25, -0.2) is 0 Å². The van der Waals surface area contributed by atoms with E-state index in [0.29, 0.717) is 17.4 Å². The summed E-state index contributed by atoms with van der Waals surface area (Å²) >= 11 is 0. The van der Waals surface area contributed by atoms with Gasteiger partial charge in [0.2, 0.25) is 0 Å². The summed E-state index contributed by atoms with van der Waals surface area (Å²) in [5.74, 6) is -1.20. The van der Waals surface area contributed by atoms with Gasteiger partial charge in [0.25, 0.3) is 0 Å². The molecule has 0 spiro atoms. The molecule has 0 aromatic rings. The number of carbonyl (C=O) groups excluding carboxylic acids is 1. The smallest absolute Gasteiger partial charge is 0.307 e. The molecule has 5 nitrogen and oxygen atoms in total. The van der Waals surface area contributed by atoms with Crippen molar-refractivity contribution in [3.63, 3.8) is 0 Å². The van der Waals surface area contributed by atoms with Gasteiger partial charge in [-0.1, -0.05) is 88.3 Å². The summed E-state index contributed by atoms with van der Waals surface area (Å²) in [4.78, 5) is 23.1. The average Bonchev–Trinajstić information content (AvgIpc) is 2.73. The zero-order chi connectivity index (χ0) is 25.5. The van der Waals surface area contributed by atoms with Crippen LogP contribution in [-0.4, -0.2) is 55.3 Å². The van der Waals surface area contributed by atoms with Crippen molar-refractivity contribution in [2.45, 2.75) is 109 Å². The van der Waals surface area contributed by atoms with E-state index in [9.17, 15) is 9.59 Å². The number of esters is 1. The summed E-state index contributed by atoms with van der Waals surface area (Å²) in [5, 5.41) is 9.03. The normalized spacial score (nSPS) is 13.3. The molecular formula is C29H52NO4+. The van der Waals surface area contributed by atoms with Crippen molar-refractivity contribution in [3.05, 3.63) is 36.5 Å². The zero-order valence-corrected chi connectivity index (χ0v) is 22.5. The molecular weight excluding hydrogens is 426 g/mol. The largest absolute Gasteiger partial charge is 0.481 e. The molecule has 0 saturated heterocycles. The van der Waals surface area contributed by atoms with Gasteiger partial charge < -0.3 is 14.3 Å². The quantitative estimate of drug-likeness (QED) is 0.0771. The molecule has 0 rings (SSSR count). The molecule has 1 atom stereocenters. The molecule has 5 heteroatoms. The predicted octanol–water partition coefficient (Wildman–Crippen LogP) is 7.23. The molecule has 0 aliphatic carbocycles. The topological polar surface area (TPSA) is 63.6 Å². The molecule has 34 heavy (non-hydrogen) atoms. The second kappa shape index (κ2) is 21.6. The van der Waals surface area contributed by atoms with Gasteiger partial charge in [-0.3, -0.25) is 9.59 Å². The fraction of sp³-hybridized carbons (Fsp3) is 0.724. The highest BCUT2D eigenvalue weighted by Crippen LogP contribution is 2.13. The third-order valence-electron chi connectivity index (χ3n) is 5.48. The molecule has 0 heterocycles. The van der Waals surface area contributed by atoms with Gasteiger partial charge in [-0.2, -0.15) is 0 Å². The lowest BCUT2D eigenvalue weighted by atomic mass is 10.1. The number of nitrogens with zero attached hydrogens (tertiary/aromatic N) is 1. The molecule has 0 saturated carbocycles. The summed E-state index contributed by atoms with van der Waals surface area (Å²) < 4.78 is 5.99. The van der Waals surface area contributed by atoms with Crippen LogP contribution in [0.5, 0.6) is 0 Å². The maximum Gasteiger partial charge on any atom is 0.307 e. The first kappa shape index (κ1) is 32.1. The molecule has 0 radical (unpaired) electrons. The number of carboxylic acids is 1. The fourth-order valence-electron chi connectivity index (χ4n) is 3.79. The first-order chi connectivity index (χ1) is 16.2. The second-order valence-electron chi connectivity index (χ2n) is 10.2. The Morgan fingerprint density at radius 3 is 1.79 bits per heavy atom. The molecule has 0 aromatic carbocycles. The van der Waals surface area contributed by atoms with E-state index in [1.54, 1.807) is 0 Å². The van der Waals surface area contributed by atoms with Crippen molar-refractivity contribution < 1.29 is 23.9 Å². The van der Waals surface area contributed by atoms with Crippen molar-refractivity contribution in [1.82, 2.24) is 0 Å². The van der Waals surface area contributed by atoms with Gasteiger partial charge in [0.1, 0.15) is 6.54 Å². The minimum absolute atomic E-state index is 0.133. The number of quaternary nitrogens is 1. The maximum absolute atomic E-state index is 12.1. The van der Waals surface area contributed by atoms with Gasteiger partial charge in [0.15, 0.2) is 6.10 Å². The highest BCUT2D eigenvalue weighted by molar-refractivity contribution is 5.71. The molecule has 1 N–H and O–H groups in total. The van der Waals surface area contributed by atoms with Crippen LogP contribution in [-0.2, 0) is 14.3 Å². The van der Waals surface area contributed by atoms with Gasteiger partial charge >= 0.3 is 11.9 Å². The lowest BCUT2D eigenvalue weighted by Crippen LogP contribution is -2.43. The van der Waals surface area contributed by atoms with E-state index in [4.69, 9.17) is 9.84 Å². The van der Waals surface area contributed by atoms with Crippen molar-refractivity contribution in [1.29, 1.82) is 0 Å². The van der Waals surface area contributed by atoms with Crippen LogP contribution in [0.25, 0.3) is 0 Å². The van der Waals surface area contributed by atoms with Gasteiger partial charge in [-0.05, 0) is 38.5 Å². The number of rotatable bonds is 22. The Hall–Kier alpha value is -1.88. The molecule has 0 amide bonds. The van der Waals surface area contributed by atoms with Crippen LogP contribution in [0.1, 0.15) is 103 Å². The molecule has 0 fully saturated rings. The highest BCUT2D eigenvalue weighted by atomic mass is 16.5. The van der Waals surface area contributed by atoms with Crippen LogP contribution >= 0.6 is 0 Å². The van der Waals surface area contributed by atoms with Crippen LogP contribution in [0, 0.1) is 0 Å².